The predicted octanol–water partition coefficient (Wildman–Crippen LogP) is 3.92. The number of anilines is 2. The Kier molecular flexibility index (Phi) is 7.01. The molecule has 10 nitrogen and oxygen atoms in total. The first-order valence-electron chi connectivity index (χ1n) is 10.7. The molecule has 0 unspecified atom stereocenters. The van der Waals surface area contributed by atoms with Gasteiger partial charge in [-0.15, -0.1) is 0 Å². The number of benzene rings is 3. The number of esters is 1. The molecule has 4 rings (SSSR count). The molecule has 10 heteroatoms. The lowest BCUT2D eigenvalue weighted by Gasteiger charge is -2.16. The number of rotatable bonds is 8. The lowest BCUT2D eigenvalue weighted by molar-refractivity contribution is -0.384. The second kappa shape index (κ2) is 10.5. The van der Waals surface area contributed by atoms with Crippen molar-refractivity contribution in [2.24, 2.45) is 5.92 Å². The Morgan fingerprint density at radius 2 is 1.71 bits per heavy atom. The molecule has 0 aromatic heterocycles. The van der Waals surface area contributed by atoms with Crippen molar-refractivity contribution in [3.05, 3.63) is 89.0 Å². The molecule has 2 amide bonds. The Morgan fingerprint density at radius 3 is 2.43 bits per heavy atom. The summed E-state index contributed by atoms with van der Waals surface area (Å²) in [6.45, 7) is -0.494. The average Bonchev–Trinajstić information content (AvgIpc) is 3.26. The van der Waals surface area contributed by atoms with Crippen LogP contribution in [0.5, 0.6) is 11.5 Å². The molecule has 3 aromatic carbocycles. The fraction of sp³-hybridized carbons (Fsp3) is 0.160. The maximum absolute atomic E-state index is 12.4. The largest absolute Gasteiger partial charge is 0.457 e. The first-order valence-corrected chi connectivity index (χ1v) is 10.7. The molecule has 1 aliphatic rings. The monoisotopic (exact) mass is 475 g/mol. The van der Waals surface area contributed by atoms with Gasteiger partial charge < -0.3 is 19.7 Å². The summed E-state index contributed by atoms with van der Waals surface area (Å²) < 4.78 is 10.8. The summed E-state index contributed by atoms with van der Waals surface area (Å²) in [5.74, 6) is -1.06. The highest BCUT2D eigenvalue weighted by atomic mass is 16.6. The molecule has 1 aliphatic heterocycles. The zero-order valence-electron chi connectivity index (χ0n) is 18.5. The molecular formula is C25H21N3O7. The minimum absolute atomic E-state index is 0.0172. The van der Waals surface area contributed by atoms with Crippen molar-refractivity contribution in [1.82, 2.24) is 0 Å². The molecule has 0 bridgehead atoms. The van der Waals surface area contributed by atoms with Gasteiger partial charge in [0.25, 0.3) is 11.6 Å². The van der Waals surface area contributed by atoms with E-state index in [2.05, 4.69) is 5.32 Å². The highest BCUT2D eigenvalue weighted by molar-refractivity contribution is 6.00. The van der Waals surface area contributed by atoms with Gasteiger partial charge >= 0.3 is 5.97 Å². The van der Waals surface area contributed by atoms with E-state index in [1.807, 2.05) is 30.3 Å². The van der Waals surface area contributed by atoms with Gasteiger partial charge in [0.15, 0.2) is 6.61 Å². The Hall–Kier alpha value is -4.73. The fourth-order valence-electron chi connectivity index (χ4n) is 3.57. The first-order chi connectivity index (χ1) is 16.9. The minimum Gasteiger partial charge on any atom is -0.457 e. The molecule has 0 aliphatic carbocycles. The predicted molar refractivity (Wildman–Crippen MR) is 126 cm³/mol. The zero-order chi connectivity index (χ0) is 24.8. The number of ether oxygens (including phenoxy) is 2. The van der Waals surface area contributed by atoms with Crippen LogP contribution in [0.15, 0.2) is 78.9 Å². The van der Waals surface area contributed by atoms with E-state index in [9.17, 15) is 24.5 Å². The van der Waals surface area contributed by atoms with Crippen LogP contribution in [0, 0.1) is 16.0 Å². The van der Waals surface area contributed by atoms with Crippen molar-refractivity contribution in [3.63, 3.8) is 0 Å². The maximum atomic E-state index is 12.4. The van der Waals surface area contributed by atoms with E-state index in [1.54, 1.807) is 30.3 Å². The standard InChI is InChI=1S/C25H21N3O7/c29-23(26-18-9-11-22(12-10-18)35-21-7-2-1-3-8-21)16-34-25(31)17-13-24(30)27(15-17)19-5-4-6-20(14-19)28(32)33/h1-12,14,17H,13,15-16H2,(H,26,29)/t17-/m0/s1. The smallest absolute Gasteiger partial charge is 0.311 e. The van der Waals surface area contributed by atoms with Crippen LogP contribution in [0.2, 0.25) is 0 Å². The van der Waals surface area contributed by atoms with Crippen LogP contribution >= 0.6 is 0 Å². The summed E-state index contributed by atoms with van der Waals surface area (Å²) in [5.41, 5.74) is 0.675. The van der Waals surface area contributed by atoms with E-state index >= 15 is 0 Å². The van der Waals surface area contributed by atoms with E-state index in [-0.39, 0.29) is 24.6 Å². The summed E-state index contributed by atoms with van der Waals surface area (Å²) in [6.07, 6.45) is -0.105. The van der Waals surface area contributed by atoms with Crippen LogP contribution in [0.1, 0.15) is 6.42 Å². The summed E-state index contributed by atoms with van der Waals surface area (Å²) in [5, 5.41) is 13.6. The quantitative estimate of drug-likeness (QED) is 0.297. The van der Waals surface area contributed by atoms with Crippen LogP contribution in [0.25, 0.3) is 0 Å². The molecule has 178 valence electrons. The number of nitro groups is 1. The van der Waals surface area contributed by atoms with Crippen molar-refractivity contribution in [1.29, 1.82) is 0 Å². The molecule has 3 aromatic rings. The number of carbonyl (C=O) groups excluding carboxylic acids is 3. The lowest BCUT2D eigenvalue weighted by Crippen LogP contribution is -2.28. The van der Waals surface area contributed by atoms with Crippen LogP contribution in [-0.2, 0) is 19.1 Å². The Bertz CT molecular complexity index is 1250. The Balaban J connectivity index is 1.26. The molecule has 1 fully saturated rings. The first kappa shape index (κ1) is 23.4. The second-order valence-electron chi connectivity index (χ2n) is 7.78. The van der Waals surface area contributed by atoms with Gasteiger partial charge in [-0.3, -0.25) is 24.5 Å². The number of nitrogens with zero attached hydrogens (tertiary/aromatic N) is 2. The molecule has 35 heavy (non-hydrogen) atoms. The Labute approximate surface area is 200 Å². The number of para-hydroxylation sites is 1. The lowest BCUT2D eigenvalue weighted by atomic mass is 10.1. The van der Waals surface area contributed by atoms with Gasteiger partial charge in [-0.05, 0) is 42.5 Å². The number of amides is 2. The average molecular weight is 475 g/mol. The van der Waals surface area contributed by atoms with Gasteiger partial charge in [0.2, 0.25) is 5.91 Å². The number of nitro benzene ring substituents is 1. The molecule has 0 saturated carbocycles. The van der Waals surface area contributed by atoms with E-state index in [4.69, 9.17) is 9.47 Å². The Morgan fingerprint density at radius 1 is 1.00 bits per heavy atom. The van der Waals surface area contributed by atoms with Gasteiger partial charge in [-0.2, -0.15) is 0 Å². The normalized spacial score (nSPS) is 14.9. The third-order valence-electron chi connectivity index (χ3n) is 5.27. The second-order valence-corrected chi connectivity index (χ2v) is 7.78. The van der Waals surface area contributed by atoms with E-state index in [1.165, 1.54) is 23.1 Å². The maximum Gasteiger partial charge on any atom is 0.311 e. The molecule has 0 spiro atoms. The van der Waals surface area contributed by atoms with E-state index < -0.39 is 29.3 Å². The van der Waals surface area contributed by atoms with Gasteiger partial charge in [0.05, 0.1) is 16.5 Å². The van der Waals surface area contributed by atoms with Gasteiger partial charge in [-0.1, -0.05) is 24.3 Å². The zero-order valence-corrected chi connectivity index (χ0v) is 18.5. The third-order valence-corrected chi connectivity index (χ3v) is 5.27. The topological polar surface area (TPSA) is 128 Å². The summed E-state index contributed by atoms with van der Waals surface area (Å²) in [4.78, 5) is 48.7. The number of hydrogen-bond acceptors (Lipinski definition) is 7. The minimum atomic E-state index is -0.774. The van der Waals surface area contributed by atoms with Crippen molar-refractivity contribution < 1.29 is 28.8 Å². The van der Waals surface area contributed by atoms with Crippen LogP contribution in [0.4, 0.5) is 17.1 Å². The number of carbonyl (C=O) groups is 3. The van der Waals surface area contributed by atoms with E-state index in [0.717, 1.165) is 0 Å². The molecule has 1 atom stereocenters. The molecule has 0 radical (unpaired) electrons. The SMILES string of the molecule is O=C(COC(=O)[C@H]1CC(=O)N(c2cccc([N+](=O)[O-])c2)C1)Nc1ccc(Oc2ccccc2)cc1. The van der Waals surface area contributed by atoms with Gasteiger partial charge in [0, 0.05) is 30.8 Å². The van der Waals surface area contributed by atoms with Crippen LogP contribution < -0.4 is 15.0 Å². The highest BCUT2D eigenvalue weighted by Gasteiger charge is 2.36. The summed E-state index contributed by atoms with van der Waals surface area (Å²) in [7, 11) is 0. The molecule has 1 heterocycles. The highest BCUT2D eigenvalue weighted by Crippen LogP contribution is 2.28. The van der Waals surface area contributed by atoms with Gasteiger partial charge in [-0.25, -0.2) is 0 Å². The number of hydrogen-bond donors (Lipinski definition) is 1. The van der Waals surface area contributed by atoms with Crippen molar-refractivity contribution in [2.75, 3.05) is 23.4 Å². The summed E-state index contributed by atoms with van der Waals surface area (Å²) in [6, 6.07) is 21.6. The number of non-ortho nitro benzene ring substituents is 1. The van der Waals surface area contributed by atoms with Crippen molar-refractivity contribution in [2.45, 2.75) is 6.42 Å². The number of nitrogens with one attached hydrogen (secondary N) is 1. The van der Waals surface area contributed by atoms with Crippen molar-refractivity contribution in [3.8, 4) is 11.5 Å². The molecular weight excluding hydrogens is 454 g/mol. The summed E-state index contributed by atoms with van der Waals surface area (Å²) >= 11 is 0. The van der Waals surface area contributed by atoms with Gasteiger partial charge in [0.1, 0.15) is 11.5 Å². The third kappa shape index (κ3) is 5.99. The molecule has 1 saturated heterocycles. The fourth-order valence-corrected chi connectivity index (χ4v) is 3.57. The molecule has 1 N–H and O–H groups in total. The van der Waals surface area contributed by atoms with E-state index in [0.29, 0.717) is 22.9 Å². The van der Waals surface area contributed by atoms with Crippen molar-refractivity contribution >= 4 is 34.8 Å². The van der Waals surface area contributed by atoms with Crippen LogP contribution in [-0.4, -0.2) is 35.9 Å². The van der Waals surface area contributed by atoms with Crippen LogP contribution in [0.3, 0.4) is 0 Å².